The van der Waals surface area contributed by atoms with Gasteiger partial charge in [-0.15, -0.1) is 0 Å². The van der Waals surface area contributed by atoms with Crippen molar-refractivity contribution in [1.82, 2.24) is 0 Å². The molecule has 3 aromatic carbocycles. The van der Waals surface area contributed by atoms with Crippen molar-refractivity contribution in [3.63, 3.8) is 0 Å². The molecule has 32 heavy (non-hydrogen) atoms. The monoisotopic (exact) mass is 445 g/mol. The van der Waals surface area contributed by atoms with Gasteiger partial charge in [-0.05, 0) is 76.6 Å². The van der Waals surface area contributed by atoms with E-state index in [1.54, 1.807) is 24.3 Å². The number of carbonyl (C=O) groups is 1. The minimum absolute atomic E-state index is 0.0964. The Morgan fingerprint density at radius 2 is 1.47 bits per heavy atom. The molecule has 0 heterocycles. The number of carboxylic acid groups (broad SMARTS) is 1. The SMILES string of the molecule is CC(C)CC(C(=O)O)c1cc(-c2ccc(C(F)(F)F)cc2)cc(-c2cc(N)cc(F)c2)c1. The predicted molar refractivity (Wildman–Crippen MR) is 117 cm³/mol. The fourth-order valence-electron chi connectivity index (χ4n) is 3.67. The number of nitrogen functional groups attached to an aromatic ring is 1. The van der Waals surface area contributed by atoms with Crippen LogP contribution in [0.4, 0.5) is 23.2 Å². The maximum Gasteiger partial charge on any atom is 0.416 e. The molecule has 1 unspecified atom stereocenters. The summed E-state index contributed by atoms with van der Waals surface area (Å²) >= 11 is 0. The third-order valence-electron chi connectivity index (χ3n) is 5.16. The highest BCUT2D eigenvalue weighted by Crippen LogP contribution is 2.36. The lowest BCUT2D eigenvalue weighted by Crippen LogP contribution is -2.14. The van der Waals surface area contributed by atoms with Crippen LogP contribution in [-0.4, -0.2) is 11.1 Å². The fourth-order valence-corrected chi connectivity index (χ4v) is 3.67. The summed E-state index contributed by atoms with van der Waals surface area (Å²) < 4.78 is 52.8. The lowest BCUT2D eigenvalue weighted by atomic mass is 9.86. The summed E-state index contributed by atoms with van der Waals surface area (Å²) in [5.41, 5.74) is 7.68. The number of hydrogen-bond donors (Lipinski definition) is 2. The minimum atomic E-state index is -4.46. The number of halogens is 4. The van der Waals surface area contributed by atoms with Crippen molar-refractivity contribution in [3.05, 3.63) is 77.6 Å². The van der Waals surface area contributed by atoms with Gasteiger partial charge >= 0.3 is 12.1 Å². The number of nitrogens with two attached hydrogens (primary N) is 1. The zero-order valence-electron chi connectivity index (χ0n) is 17.6. The third-order valence-corrected chi connectivity index (χ3v) is 5.16. The third kappa shape index (κ3) is 5.46. The second-order valence-corrected chi connectivity index (χ2v) is 8.21. The van der Waals surface area contributed by atoms with Gasteiger partial charge in [-0.25, -0.2) is 4.39 Å². The Balaban J connectivity index is 2.19. The molecule has 0 aromatic heterocycles. The van der Waals surface area contributed by atoms with Gasteiger partial charge in [0.1, 0.15) is 5.82 Å². The van der Waals surface area contributed by atoms with Crippen molar-refractivity contribution in [1.29, 1.82) is 0 Å². The zero-order valence-corrected chi connectivity index (χ0v) is 17.6. The average Bonchev–Trinajstić information content (AvgIpc) is 2.70. The van der Waals surface area contributed by atoms with Gasteiger partial charge in [0.05, 0.1) is 11.5 Å². The van der Waals surface area contributed by atoms with Gasteiger partial charge in [-0.1, -0.05) is 38.1 Å². The number of aliphatic carboxylic acids is 1. The smallest absolute Gasteiger partial charge is 0.416 e. The van der Waals surface area contributed by atoms with Crippen LogP contribution < -0.4 is 5.73 Å². The van der Waals surface area contributed by atoms with Gasteiger partial charge in [0.2, 0.25) is 0 Å². The van der Waals surface area contributed by atoms with Gasteiger partial charge in [0.25, 0.3) is 0 Å². The van der Waals surface area contributed by atoms with E-state index in [0.717, 1.165) is 12.1 Å². The first-order chi connectivity index (χ1) is 14.9. The Morgan fingerprint density at radius 1 is 0.906 bits per heavy atom. The number of hydrogen-bond acceptors (Lipinski definition) is 2. The highest BCUT2D eigenvalue weighted by molar-refractivity contribution is 5.81. The Kier molecular flexibility index (Phi) is 6.57. The Morgan fingerprint density at radius 3 is 1.97 bits per heavy atom. The van der Waals surface area contributed by atoms with Crippen LogP contribution in [0.2, 0.25) is 0 Å². The quantitative estimate of drug-likeness (QED) is 0.318. The van der Waals surface area contributed by atoms with Crippen LogP contribution in [0, 0.1) is 11.7 Å². The van der Waals surface area contributed by atoms with E-state index in [1.165, 1.54) is 24.3 Å². The number of carboxylic acids is 1. The van der Waals surface area contributed by atoms with Crippen LogP contribution in [0.3, 0.4) is 0 Å². The molecule has 3 aromatic rings. The normalized spacial score (nSPS) is 12.7. The van der Waals surface area contributed by atoms with Crippen molar-refractivity contribution in [2.24, 2.45) is 5.92 Å². The molecule has 0 fully saturated rings. The lowest BCUT2D eigenvalue weighted by molar-refractivity contribution is -0.139. The first-order valence-electron chi connectivity index (χ1n) is 10.1. The van der Waals surface area contributed by atoms with Crippen molar-refractivity contribution < 1.29 is 27.5 Å². The minimum Gasteiger partial charge on any atom is -0.481 e. The summed E-state index contributed by atoms with van der Waals surface area (Å²) in [4.78, 5) is 12.0. The number of benzene rings is 3. The highest BCUT2D eigenvalue weighted by Gasteiger charge is 2.30. The second kappa shape index (κ2) is 9.02. The van der Waals surface area contributed by atoms with Crippen LogP contribution in [0.15, 0.2) is 60.7 Å². The molecule has 1 atom stereocenters. The van der Waals surface area contributed by atoms with Crippen molar-refractivity contribution in [2.45, 2.75) is 32.4 Å². The molecule has 0 amide bonds. The van der Waals surface area contributed by atoms with E-state index in [9.17, 15) is 27.5 Å². The molecule has 3 N–H and O–H groups in total. The molecule has 0 spiro atoms. The van der Waals surface area contributed by atoms with E-state index in [2.05, 4.69) is 0 Å². The van der Waals surface area contributed by atoms with E-state index in [0.29, 0.717) is 34.2 Å². The Bertz CT molecular complexity index is 1100. The summed E-state index contributed by atoms with van der Waals surface area (Å²) in [6, 6.07) is 13.7. The standard InChI is InChI=1S/C25H23F4NO2/c1-14(2)7-23(24(31)32)19-9-16(15-3-5-20(6-4-15)25(27,28)29)8-17(10-19)18-11-21(26)13-22(30)12-18/h3-6,8-14,23H,7,30H2,1-2H3,(H,31,32). The molecule has 3 nitrogen and oxygen atoms in total. The van der Waals surface area contributed by atoms with Crippen LogP contribution in [0.5, 0.6) is 0 Å². The fraction of sp³-hybridized carbons (Fsp3) is 0.240. The summed E-state index contributed by atoms with van der Waals surface area (Å²) in [5, 5.41) is 9.81. The lowest BCUT2D eigenvalue weighted by Gasteiger charge is -2.18. The molecule has 168 valence electrons. The number of anilines is 1. The van der Waals surface area contributed by atoms with Crippen molar-refractivity contribution in [3.8, 4) is 22.3 Å². The number of alkyl halides is 3. The first kappa shape index (κ1) is 23.3. The maximum atomic E-state index is 14.0. The van der Waals surface area contributed by atoms with E-state index in [1.807, 2.05) is 13.8 Å². The van der Waals surface area contributed by atoms with Crippen LogP contribution in [0.1, 0.15) is 37.3 Å². The Hall–Kier alpha value is -3.35. The molecule has 0 saturated heterocycles. The molecule has 0 saturated carbocycles. The molecular formula is C25H23F4NO2. The summed E-state index contributed by atoms with van der Waals surface area (Å²) in [5.74, 6) is -2.28. The molecule has 7 heteroatoms. The van der Waals surface area contributed by atoms with E-state index < -0.39 is 29.4 Å². The second-order valence-electron chi connectivity index (χ2n) is 8.21. The van der Waals surface area contributed by atoms with E-state index in [4.69, 9.17) is 5.73 Å². The summed E-state index contributed by atoms with van der Waals surface area (Å²) in [7, 11) is 0. The van der Waals surface area contributed by atoms with Gasteiger partial charge in [0.15, 0.2) is 0 Å². The van der Waals surface area contributed by atoms with Crippen LogP contribution in [0.25, 0.3) is 22.3 Å². The molecule has 0 radical (unpaired) electrons. The Labute approximate surface area is 183 Å². The van der Waals surface area contributed by atoms with Crippen molar-refractivity contribution >= 4 is 11.7 Å². The number of rotatable bonds is 6. The highest BCUT2D eigenvalue weighted by atomic mass is 19.4. The van der Waals surface area contributed by atoms with Gasteiger partial charge in [-0.3, -0.25) is 4.79 Å². The molecule has 0 bridgehead atoms. The van der Waals surface area contributed by atoms with Crippen LogP contribution >= 0.6 is 0 Å². The average molecular weight is 445 g/mol. The van der Waals surface area contributed by atoms with Crippen LogP contribution in [-0.2, 0) is 11.0 Å². The van der Waals surface area contributed by atoms with Gasteiger partial charge in [-0.2, -0.15) is 13.2 Å². The zero-order chi connectivity index (χ0) is 23.6. The molecule has 0 aliphatic heterocycles. The van der Waals surface area contributed by atoms with E-state index in [-0.39, 0.29) is 11.6 Å². The molecule has 3 rings (SSSR count). The van der Waals surface area contributed by atoms with Gasteiger partial charge in [0, 0.05) is 5.69 Å². The topological polar surface area (TPSA) is 63.3 Å². The van der Waals surface area contributed by atoms with Gasteiger partial charge < -0.3 is 10.8 Å². The predicted octanol–water partition coefficient (Wildman–Crippen LogP) is 6.98. The van der Waals surface area contributed by atoms with Crippen molar-refractivity contribution in [2.75, 3.05) is 5.73 Å². The molecular weight excluding hydrogens is 422 g/mol. The summed E-state index contributed by atoms with van der Waals surface area (Å²) in [6.07, 6.45) is -4.09. The largest absolute Gasteiger partial charge is 0.481 e. The summed E-state index contributed by atoms with van der Waals surface area (Å²) in [6.45, 7) is 3.81. The molecule has 0 aliphatic carbocycles. The maximum absolute atomic E-state index is 14.0. The molecule has 0 aliphatic rings. The van der Waals surface area contributed by atoms with E-state index >= 15 is 0 Å². The first-order valence-corrected chi connectivity index (χ1v) is 10.1.